The van der Waals surface area contributed by atoms with E-state index in [-0.39, 0.29) is 210 Å². The number of methoxy groups -OCH3 is 2. The molecule has 3 N–H and O–H groups in total. The number of nitrogen functional groups attached to an aromatic ring is 1. The molecule has 0 aromatic heterocycles. The van der Waals surface area contributed by atoms with Gasteiger partial charge in [-0.3, -0.25) is 23.5 Å². The number of hydrogen-bond acceptors (Lipinski definition) is 29. The van der Waals surface area contributed by atoms with Crippen LogP contribution in [-0.2, 0) is 66.3 Å². The maximum Gasteiger partial charge on any atom is 1.00 e. The summed E-state index contributed by atoms with van der Waals surface area (Å²) in [7, 11) is -11.4. The summed E-state index contributed by atoms with van der Waals surface area (Å²) < 4.78 is 121. The van der Waals surface area contributed by atoms with Crippen molar-refractivity contribution in [2.45, 2.75) is 19.6 Å². The topological polar surface area (TPSA) is 383 Å². The molecule has 0 saturated heterocycles. The second-order valence-corrected chi connectivity index (χ2v) is 18.0. The number of benzene rings is 4. The predicted molar refractivity (Wildman–Crippen MR) is 196 cm³/mol. The number of aromatic hydroxyl groups is 1. The molecule has 328 valence electrons. The van der Waals surface area contributed by atoms with Crippen molar-refractivity contribution in [2.75, 3.05) is 44.7 Å². The number of hydrogen-bond donors (Lipinski definition) is 2. The fourth-order valence-corrected chi connectivity index (χ4v) is 8.94. The summed E-state index contributed by atoms with van der Waals surface area (Å²) in [6.45, 7) is -0.978. The van der Waals surface area contributed by atoms with Crippen molar-refractivity contribution < 1.29 is 215 Å². The SMILES string of the molecule is COc1cc(S(=O)(=O)CCOSOO[O-])c(OC)cc1N=Nc1c(SOO[O-])cc2c(N=Nc3ccc(S(=O)(=O)CCOSOO[O-])cc3S(=O)(=O)[O-])c(N)ccc2c1O.[Na+].[Na+].[Na+].[Na+]. The van der Waals surface area contributed by atoms with Crippen LogP contribution in [0.4, 0.5) is 28.4 Å². The minimum Gasteiger partial charge on any atom is -0.744 e. The first-order valence-electron chi connectivity index (χ1n) is 15.4. The number of rotatable bonds is 24. The molecule has 64 heavy (non-hydrogen) atoms. The van der Waals surface area contributed by atoms with E-state index in [9.17, 15) is 50.7 Å². The Morgan fingerprint density at radius 2 is 1.20 bits per heavy atom. The Hall–Kier alpha value is -0.0400. The fourth-order valence-electron chi connectivity index (χ4n) is 4.74. The Kier molecular flexibility index (Phi) is 30.5. The number of nitrogens with zero attached hydrogens (tertiary/aromatic N) is 4. The van der Waals surface area contributed by atoms with Crippen molar-refractivity contribution in [3.05, 3.63) is 48.5 Å². The third-order valence-electron chi connectivity index (χ3n) is 7.34. The first-order chi connectivity index (χ1) is 28.5. The molecule has 4 aromatic carbocycles. The van der Waals surface area contributed by atoms with Crippen molar-refractivity contribution in [3.63, 3.8) is 0 Å². The van der Waals surface area contributed by atoms with Gasteiger partial charge in [0.1, 0.15) is 49.3 Å². The molecule has 0 bridgehead atoms. The van der Waals surface area contributed by atoms with Crippen LogP contribution in [0.1, 0.15) is 0 Å². The van der Waals surface area contributed by atoms with Crippen LogP contribution in [0.3, 0.4) is 0 Å². The van der Waals surface area contributed by atoms with Crippen molar-refractivity contribution >= 4 is 106 Å². The number of azo groups is 2. The van der Waals surface area contributed by atoms with E-state index in [0.29, 0.717) is 6.07 Å². The molecule has 0 aliphatic heterocycles. The van der Waals surface area contributed by atoms with Crippen molar-refractivity contribution in [2.24, 2.45) is 20.5 Å². The first-order valence-corrected chi connectivity index (χ1v) is 22.2. The summed E-state index contributed by atoms with van der Waals surface area (Å²) in [5, 5.41) is 67.5. The Balaban J connectivity index is 0.00000992. The molecule has 0 aliphatic carbocycles. The van der Waals surface area contributed by atoms with E-state index < -0.39 is 75.7 Å². The van der Waals surface area contributed by atoms with Crippen molar-refractivity contribution in [1.29, 1.82) is 0 Å². The third kappa shape index (κ3) is 17.7. The fraction of sp³-hybridized carbons (Fsp3) is 0.214. The average Bonchev–Trinajstić information content (AvgIpc) is 3.21. The second kappa shape index (κ2) is 30.5. The Morgan fingerprint density at radius 3 is 1.77 bits per heavy atom. The molecule has 36 heteroatoms. The zero-order chi connectivity index (χ0) is 44.1. The molecule has 4 rings (SSSR count). The monoisotopic (exact) mass is 1050 g/mol. The van der Waals surface area contributed by atoms with E-state index in [1.807, 2.05) is 0 Å². The molecular weight excluding hydrogens is 1030 g/mol. The van der Waals surface area contributed by atoms with Crippen LogP contribution in [0.5, 0.6) is 17.2 Å². The van der Waals surface area contributed by atoms with Crippen LogP contribution >= 0.6 is 36.7 Å². The molecule has 0 amide bonds. The number of sulfone groups is 2. The van der Waals surface area contributed by atoms with E-state index in [2.05, 4.69) is 52.8 Å². The van der Waals surface area contributed by atoms with Crippen LogP contribution in [0.25, 0.3) is 10.8 Å². The summed E-state index contributed by atoms with van der Waals surface area (Å²) in [6.07, 6.45) is 0. The van der Waals surface area contributed by atoms with Crippen molar-refractivity contribution in [3.8, 4) is 17.2 Å². The van der Waals surface area contributed by atoms with Gasteiger partial charge in [-0.05, 0) is 36.4 Å². The Morgan fingerprint density at radius 1 is 0.641 bits per heavy atom. The van der Waals surface area contributed by atoms with Gasteiger partial charge in [0.25, 0.3) is 0 Å². The molecule has 0 unspecified atom stereocenters. The number of phenolic OH excluding ortho intramolecular Hbond substituents is 1. The quantitative estimate of drug-likeness (QED) is 0.00961. The van der Waals surface area contributed by atoms with Crippen LogP contribution < -0.4 is 149 Å². The zero-order valence-electron chi connectivity index (χ0n) is 33.9. The number of ether oxygens (including phenoxy) is 2. The molecule has 0 aliphatic rings. The van der Waals surface area contributed by atoms with Gasteiger partial charge < -0.3 is 40.6 Å². The van der Waals surface area contributed by atoms with Gasteiger partial charge >= 0.3 is 118 Å². The van der Waals surface area contributed by atoms with Gasteiger partial charge in [-0.25, -0.2) is 25.3 Å². The zero-order valence-corrected chi connectivity index (χ0v) is 46.8. The van der Waals surface area contributed by atoms with Crippen LogP contribution in [-0.4, -0.2) is 73.9 Å². The molecule has 0 radical (unpaired) electrons. The van der Waals surface area contributed by atoms with Crippen LogP contribution in [0, 0.1) is 0 Å². The molecular formula is C28H25N5Na4O21S6. The maximum atomic E-state index is 13.1. The third-order valence-corrected chi connectivity index (χ3v) is 12.9. The van der Waals surface area contributed by atoms with Crippen molar-refractivity contribution in [1.82, 2.24) is 0 Å². The number of phenols is 1. The molecule has 0 heterocycles. The molecule has 0 fully saturated rings. The van der Waals surface area contributed by atoms with Crippen LogP contribution in [0.15, 0.2) is 88.6 Å². The summed E-state index contributed by atoms with van der Waals surface area (Å²) in [5.74, 6) is -2.33. The van der Waals surface area contributed by atoms with E-state index >= 15 is 0 Å². The number of nitrogens with two attached hydrogens (primary N) is 1. The molecule has 26 nitrogen and oxygen atoms in total. The molecule has 0 saturated carbocycles. The average molecular weight is 1050 g/mol. The van der Waals surface area contributed by atoms with E-state index in [0.717, 1.165) is 24.3 Å². The first kappa shape index (κ1) is 64.0. The van der Waals surface area contributed by atoms with Gasteiger partial charge in [0, 0.05) is 22.9 Å². The summed E-state index contributed by atoms with van der Waals surface area (Å²) in [4.78, 5) is -2.22. The largest absolute Gasteiger partial charge is 1.00 e. The van der Waals surface area contributed by atoms with E-state index in [1.165, 1.54) is 32.4 Å². The summed E-state index contributed by atoms with van der Waals surface area (Å²) in [5.41, 5.74) is 4.71. The Labute approximate surface area is 464 Å². The smallest absolute Gasteiger partial charge is 0.744 e. The van der Waals surface area contributed by atoms with E-state index in [1.54, 1.807) is 0 Å². The summed E-state index contributed by atoms with van der Waals surface area (Å²) >= 11 is 0.393. The number of fused-ring (bicyclic) bond motifs is 1. The van der Waals surface area contributed by atoms with Gasteiger partial charge in [0.2, 0.25) is 0 Å². The second-order valence-electron chi connectivity index (χ2n) is 10.7. The molecule has 0 atom stereocenters. The minimum atomic E-state index is -5.39. The van der Waals surface area contributed by atoms with Gasteiger partial charge in [-0.2, -0.15) is 4.33 Å². The maximum absolute atomic E-state index is 13.1. The normalized spacial score (nSPS) is 11.8. The standard InChI is InChI=1S/C28H29N5O21S6.4Na/c1-45-21-14-25(59(40,41)10-8-48-57-54-51-37)22(46-2)13-20(21)31-33-27-23(55-52-49-35)12-17-16(28(27)34)4-5-18(29)26(17)32-30-19-6-3-15(11-24(19)60(42,43)44)58(38,39)9-7-47-56-53-50-36;;;;/h3-6,11-14,34-37H,7-10,29H2,1-2H3,(H,42,43,44);;;;/q;4*+1/p-4. The van der Waals surface area contributed by atoms with Gasteiger partial charge in [-0.15, -0.1) is 29.1 Å². The van der Waals surface area contributed by atoms with Gasteiger partial charge in [0.05, 0.1) is 71.4 Å². The number of anilines is 1. The molecule has 4 aromatic rings. The predicted octanol–water partition coefficient (Wildman–Crippen LogP) is -9.72. The Bertz CT molecular complexity index is 2570. The molecule has 0 spiro atoms. The minimum absolute atomic E-state index is 0. The van der Waals surface area contributed by atoms with Gasteiger partial charge in [0.15, 0.2) is 50.1 Å². The van der Waals surface area contributed by atoms with Gasteiger partial charge in [-0.1, -0.05) is 0 Å². The summed E-state index contributed by atoms with van der Waals surface area (Å²) in [6, 6.07) is 8.41. The van der Waals surface area contributed by atoms with Crippen LogP contribution in [0.2, 0.25) is 0 Å². The van der Waals surface area contributed by atoms with E-state index in [4.69, 9.17) is 19.4 Å².